The number of carbonyl (C=O) groups is 2. The smallest absolute Gasteiger partial charge is 0.331 e. The predicted octanol–water partition coefficient (Wildman–Crippen LogP) is 3.55. The maximum absolute atomic E-state index is 12.3. The van der Waals surface area contributed by atoms with Crippen LogP contribution in [0.5, 0.6) is 11.5 Å². The number of para-hydroxylation sites is 1. The zero-order chi connectivity index (χ0) is 20.2. The van der Waals surface area contributed by atoms with Gasteiger partial charge in [-0.2, -0.15) is 0 Å². The van der Waals surface area contributed by atoms with Gasteiger partial charge in [-0.05, 0) is 31.2 Å². The molecule has 2 aromatic carbocycles. The number of fused-ring (bicyclic) bond motifs is 2. The summed E-state index contributed by atoms with van der Waals surface area (Å²) in [7, 11) is 0. The monoisotopic (exact) mass is 390 g/mol. The number of hydrogen-bond donors (Lipinski definition) is 1. The van der Waals surface area contributed by atoms with E-state index in [-0.39, 0.29) is 6.79 Å². The fraction of sp³-hybridized carbons (Fsp3) is 0.136. The summed E-state index contributed by atoms with van der Waals surface area (Å²) in [6.45, 7) is 1.66. The number of aromatic nitrogens is 1. The van der Waals surface area contributed by atoms with Gasteiger partial charge in [-0.25, -0.2) is 4.79 Å². The molecule has 0 bridgehead atoms. The number of carbonyl (C=O) groups excluding carboxylic acids is 2. The summed E-state index contributed by atoms with van der Waals surface area (Å²) in [6.07, 6.45) is 3.64. The van der Waals surface area contributed by atoms with Gasteiger partial charge in [0.1, 0.15) is 0 Å². The highest BCUT2D eigenvalue weighted by molar-refractivity contribution is 5.97. The number of benzene rings is 2. The van der Waals surface area contributed by atoms with E-state index in [1.165, 1.54) is 13.0 Å². The second-order valence-corrected chi connectivity index (χ2v) is 6.39. The van der Waals surface area contributed by atoms with E-state index in [1.807, 2.05) is 30.3 Å². The molecule has 1 aliphatic rings. The number of ether oxygens (including phenoxy) is 3. The van der Waals surface area contributed by atoms with E-state index >= 15 is 0 Å². The third-order valence-corrected chi connectivity index (χ3v) is 4.37. The fourth-order valence-electron chi connectivity index (χ4n) is 2.91. The number of rotatable bonds is 5. The Morgan fingerprint density at radius 1 is 1.14 bits per heavy atom. The summed E-state index contributed by atoms with van der Waals surface area (Å²) in [4.78, 5) is 28.8. The molecule has 1 unspecified atom stereocenters. The van der Waals surface area contributed by atoms with Crippen LogP contribution in [0.4, 0.5) is 5.69 Å². The van der Waals surface area contributed by atoms with Gasteiger partial charge in [0.2, 0.25) is 6.79 Å². The average Bonchev–Trinajstić information content (AvgIpc) is 3.20. The van der Waals surface area contributed by atoms with Crippen molar-refractivity contribution in [1.82, 2.24) is 4.98 Å². The maximum atomic E-state index is 12.3. The largest absolute Gasteiger partial charge is 0.454 e. The van der Waals surface area contributed by atoms with Gasteiger partial charge in [0.15, 0.2) is 17.6 Å². The Bertz CT molecular complexity index is 1100. The van der Waals surface area contributed by atoms with Gasteiger partial charge in [0.05, 0.1) is 5.52 Å². The molecule has 1 amide bonds. The van der Waals surface area contributed by atoms with E-state index in [1.54, 1.807) is 30.5 Å². The molecule has 0 spiro atoms. The number of hydrogen-bond acceptors (Lipinski definition) is 6. The Hall–Kier alpha value is -3.87. The van der Waals surface area contributed by atoms with Crippen molar-refractivity contribution in [2.75, 3.05) is 12.1 Å². The standard InChI is InChI=1S/C22H18N2O5/c1-14(22(26)24-17-8-9-18-19(12-17)28-13-27-18)29-20(25)10-7-16-5-2-4-15-6-3-11-23-21(15)16/h2-12,14H,13H2,1H3,(H,24,26)/b10-7+. The first-order valence-corrected chi connectivity index (χ1v) is 9.03. The molecule has 0 fully saturated rings. The molecule has 7 heteroatoms. The van der Waals surface area contributed by atoms with Crippen LogP contribution >= 0.6 is 0 Å². The molecule has 1 aliphatic heterocycles. The molecule has 1 atom stereocenters. The van der Waals surface area contributed by atoms with E-state index in [0.29, 0.717) is 17.2 Å². The van der Waals surface area contributed by atoms with Crippen LogP contribution in [0.15, 0.2) is 60.8 Å². The van der Waals surface area contributed by atoms with E-state index < -0.39 is 18.0 Å². The van der Waals surface area contributed by atoms with Gasteiger partial charge in [0.25, 0.3) is 5.91 Å². The minimum Gasteiger partial charge on any atom is -0.454 e. The number of anilines is 1. The summed E-state index contributed by atoms with van der Waals surface area (Å²) < 4.78 is 15.7. The third-order valence-electron chi connectivity index (χ3n) is 4.37. The first kappa shape index (κ1) is 18.5. The van der Waals surface area contributed by atoms with Gasteiger partial charge in [-0.15, -0.1) is 0 Å². The van der Waals surface area contributed by atoms with Crippen molar-refractivity contribution < 1.29 is 23.8 Å². The number of nitrogens with one attached hydrogen (secondary N) is 1. The maximum Gasteiger partial charge on any atom is 0.331 e. The fourth-order valence-corrected chi connectivity index (χ4v) is 2.91. The van der Waals surface area contributed by atoms with Crippen LogP contribution in [0, 0.1) is 0 Å². The molecule has 0 radical (unpaired) electrons. The number of amides is 1. The van der Waals surface area contributed by atoms with Gasteiger partial charge in [-0.1, -0.05) is 24.3 Å². The van der Waals surface area contributed by atoms with Crippen molar-refractivity contribution in [2.45, 2.75) is 13.0 Å². The molecule has 2 heterocycles. The quantitative estimate of drug-likeness (QED) is 0.530. The number of pyridine rings is 1. The molecular weight excluding hydrogens is 372 g/mol. The van der Waals surface area contributed by atoms with Crippen molar-refractivity contribution in [3.63, 3.8) is 0 Å². The first-order valence-electron chi connectivity index (χ1n) is 9.03. The van der Waals surface area contributed by atoms with Crippen molar-refractivity contribution >= 4 is 34.5 Å². The van der Waals surface area contributed by atoms with Crippen LogP contribution in [0.2, 0.25) is 0 Å². The summed E-state index contributed by atoms with van der Waals surface area (Å²) in [5, 5.41) is 3.66. The number of esters is 1. The van der Waals surface area contributed by atoms with E-state index in [0.717, 1.165) is 16.5 Å². The van der Waals surface area contributed by atoms with Gasteiger partial charge >= 0.3 is 5.97 Å². The molecule has 1 N–H and O–H groups in total. The highest BCUT2D eigenvalue weighted by Crippen LogP contribution is 2.34. The molecule has 0 saturated carbocycles. The van der Waals surface area contributed by atoms with E-state index in [4.69, 9.17) is 14.2 Å². The average molecular weight is 390 g/mol. The second-order valence-electron chi connectivity index (χ2n) is 6.39. The molecule has 29 heavy (non-hydrogen) atoms. The lowest BCUT2D eigenvalue weighted by Crippen LogP contribution is -2.29. The SMILES string of the molecule is CC(OC(=O)/C=C/c1cccc2cccnc12)C(=O)Nc1ccc2c(c1)OCO2. The highest BCUT2D eigenvalue weighted by Gasteiger charge is 2.19. The zero-order valence-electron chi connectivity index (χ0n) is 15.6. The molecule has 3 aromatic rings. The highest BCUT2D eigenvalue weighted by atomic mass is 16.7. The summed E-state index contributed by atoms with van der Waals surface area (Å²) in [5.74, 6) is 0.110. The van der Waals surface area contributed by atoms with Crippen molar-refractivity contribution in [2.24, 2.45) is 0 Å². The normalized spacial score (nSPS) is 13.4. The van der Waals surface area contributed by atoms with Crippen LogP contribution in [0.3, 0.4) is 0 Å². The minimum absolute atomic E-state index is 0.152. The Labute approximate surface area is 166 Å². The number of nitrogens with zero attached hydrogens (tertiary/aromatic N) is 1. The van der Waals surface area contributed by atoms with Crippen LogP contribution in [-0.2, 0) is 14.3 Å². The van der Waals surface area contributed by atoms with E-state index in [9.17, 15) is 9.59 Å². The van der Waals surface area contributed by atoms with Crippen LogP contribution in [0.1, 0.15) is 12.5 Å². The molecule has 1 aromatic heterocycles. The molecule has 7 nitrogen and oxygen atoms in total. The Morgan fingerprint density at radius 3 is 2.86 bits per heavy atom. The topological polar surface area (TPSA) is 86.8 Å². The van der Waals surface area contributed by atoms with Gasteiger partial charge in [-0.3, -0.25) is 9.78 Å². The Morgan fingerprint density at radius 2 is 1.97 bits per heavy atom. The summed E-state index contributed by atoms with van der Waals surface area (Å²) >= 11 is 0. The summed E-state index contributed by atoms with van der Waals surface area (Å²) in [5.41, 5.74) is 2.10. The Balaban J connectivity index is 1.37. The molecule has 146 valence electrons. The van der Waals surface area contributed by atoms with Gasteiger partial charge in [0, 0.05) is 35.0 Å². The zero-order valence-corrected chi connectivity index (χ0v) is 15.6. The molecule has 4 rings (SSSR count). The minimum atomic E-state index is -0.969. The van der Waals surface area contributed by atoms with Crippen LogP contribution in [-0.4, -0.2) is 29.8 Å². The van der Waals surface area contributed by atoms with Crippen molar-refractivity contribution in [3.05, 3.63) is 66.4 Å². The first-order chi connectivity index (χ1) is 14.1. The lowest BCUT2D eigenvalue weighted by molar-refractivity contribution is -0.148. The molecule has 0 saturated heterocycles. The molecular formula is C22H18N2O5. The lowest BCUT2D eigenvalue weighted by atomic mass is 10.1. The van der Waals surface area contributed by atoms with Crippen molar-refractivity contribution in [1.29, 1.82) is 0 Å². The Kier molecular flexibility index (Phi) is 5.11. The van der Waals surface area contributed by atoms with Crippen LogP contribution in [0.25, 0.3) is 17.0 Å². The van der Waals surface area contributed by atoms with E-state index in [2.05, 4.69) is 10.3 Å². The van der Waals surface area contributed by atoms with Crippen LogP contribution < -0.4 is 14.8 Å². The second kappa shape index (κ2) is 8.02. The summed E-state index contributed by atoms with van der Waals surface area (Å²) in [6, 6.07) is 14.5. The predicted molar refractivity (Wildman–Crippen MR) is 108 cm³/mol. The third kappa shape index (κ3) is 4.19. The van der Waals surface area contributed by atoms with Gasteiger partial charge < -0.3 is 19.5 Å². The van der Waals surface area contributed by atoms with Crippen molar-refractivity contribution in [3.8, 4) is 11.5 Å². The lowest BCUT2D eigenvalue weighted by Gasteiger charge is -2.12. The molecule has 0 aliphatic carbocycles.